The zero-order valence-corrected chi connectivity index (χ0v) is 23.1. The number of hydrogen-bond donors (Lipinski definition) is 0. The number of rotatable bonds is 5. The molecule has 0 aliphatic carbocycles. The first-order chi connectivity index (χ1) is 17.6. The summed E-state index contributed by atoms with van der Waals surface area (Å²) < 4.78 is 6.79. The lowest BCUT2D eigenvalue weighted by atomic mass is 9.71. The number of carbonyl (C=O) groups is 1. The van der Waals surface area contributed by atoms with Crippen molar-refractivity contribution < 1.29 is 9.32 Å². The van der Waals surface area contributed by atoms with Gasteiger partial charge in [-0.15, -0.1) is 0 Å². The SMILES string of the molecule is Cc1cc(-c2nn(-c3ccccn3)c(Cl)c2C(=O)N2CCC3(CCN(CCC(C)(C)C)CC3)CC2)no1. The summed E-state index contributed by atoms with van der Waals surface area (Å²) in [6.45, 7) is 13.7. The van der Waals surface area contributed by atoms with Crippen molar-refractivity contribution in [1.29, 1.82) is 0 Å². The standard InChI is InChI=1S/C28H37ClN6O2/c1-20-19-21(32-37-20)24-23(25(29)35(31-24)22-7-5-6-13-30-22)26(36)34-17-11-28(12-18-34)9-15-33(16-10-28)14-8-27(2,3)4/h5-7,13,19H,8-12,14-18H2,1-4H3. The summed E-state index contributed by atoms with van der Waals surface area (Å²) in [6, 6.07) is 7.27. The Morgan fingerprint density at radius 2 is 1.81 bits per heavy atom. The Kier molecular flexibility index (Phi) is 7.16. The van der Waals surface area contributed by atoms with Gasteiger partial charge >= 0.3 is 0 Å². The first-order valence-electron chi connectivity index (χ1n) is 13.3. The van der Waals surface area contributed by atoms with E-state index in [1.54, 1.807) is 12.3 Å². The zero-order chi connectivity index (χ0) is 26.2. The van der Waals surface area contributed by atoms with Gasteiger partial charge in [-0.05, 0) is 81.6 Å². The number of hydrogen-bond acceptors (Lipinski definition) is 6. The maximum absolute atomic E-state index is 13.9. The lowest BCUT2D eigenvalue weighted by Crippen LogP contribution is -2.48. The van der Waals surface area contributed by atoms with Gasteiger partial charge in [0.25, 0.3) is 5.91 Å². The van der Waals surface area contributed by atoms with Crippen LogP contribution in [0.4, 0.5) is 0 Å². The molecule has 3 aromatic heterocycles. The lowest BCUT2D eigenvalue weighted by molar-refractivity contribution is 0.0283. The van der Waals surface area contributed by atoms with Crippen LogP contribution in [0, 0.1) is 17.8 Å². The Morgan fingerprint density at radius 3 is 2.41 bits per heavy atom. The van der Waals surface area contributed by atoms with Crippen LogP contribution in [0.1, 0.15) is 69.0 Å². The summed E-state index contributed by atoms with van der Waals surface area (Å²) in [5.74, 6) is 1.08. The maximum atomic E-state index is 13.9. The van der Waals surface area contributed by atoms with Crippen molar-refractivity contribution in [2.75, 3.05) is 32.7 Å². The molecule has 0 bridgehead atoms. The number of piperidine rings is 2. The molecule has 3 aromatic rings. The fourth-order valence-corrected chi connectivity index (χ4v) is 5.76. The fourth-order valence-electron chi connectivity index (χ4n) is 5.46. The summed E-state index contributed by atoms with van der Waals surface area (Å²) in [5.41, 5.74) is 1.98. The monoisotopic (exact) mass is 524 g/mol. The van der Waals surface area contributed by atoms with Gasteiger partial charge in [0.15, 0.2) is 5.82 Å². The molecule has 5 rings (SSSR count). The minimum absolute atomic E-state index is 0.111. The summed E-state index contributed by atoms with van der Waals surface area (Å²) >= 11 is 6.80. The molecule has 2 fully saturated rings. The Labute approximate surface area is 224 Å². The van der Waals surface area contributed by atoms with Gasteiger partial charge in [0, 0.05) is 25.4 Å². The number of halogens is 1. The molecule has 2 aliphatic rings. The highest BCUT2D eigenvalue weighted by Crippen LogP contribution is 2.42. The topological polar surface area (TPSA) is 80.3 Å². The predicted octanol–water partition coefficient (Wildman–Crippen LogP) is 5.64. The van der Waals surface area contributed by atoms with Crippen LogP contribution in [0.3, 0.4) is 0 Å². The van der Waals surface area contributed by atoms with Crippen LogP contribution in [0.15, 0.2) is 35.0 Å². The first-order valence-corrected chi connectivity index (χ1v) is 13.7. The van der Waals surface area contributed by atoms with E-state index in [-0.39, 0.29) is 11.1 Å². The van der Waals surface area contributed by atoms with Crippen LogP contribution in [-0.4, -0.2) is 68.4 Å². The molecule has 1 amide bonds. The average Bonchev–Trinajstić information content (AvgIpc) is 3.46. The molecule has 5 heterocycles. The van der Waals surface area contributed by atoms with Crippen molar-refractivity contribution in [1.82, 2.24) is 29.7 Å². The molecule has 0 unspecified atom stereocenters. The van der Waals surface area contributed by atoms with Crippen molar-refractivity contribution in [2.24, 2.45) is 10.8 Å². The number of amides is 1. The van der Waals surface area contributed by atoms with Gasteiger partial charge in [0.1, 0.15) is 27.9 Å². The third-order valence-corrected chi connectivity index (χ3v) is 8.33. The number of aryl methyl sites for hydroxylation is 1. The molecule has 0 atom stereocenters. The Morgan fingerprint density at radius 1 is 1.11 bits per heavy atom. The van der Waals surface area contributed by atoms with Crippen molar-refractivity contribution in [2.45, 2.75) is 59.8 Å². The van der Waals surface area contributed by atoms with Gasteiger partial charge in [-0.25, -0.2) is 9.67 Å². The molecule has 37 heavy (non-hydrogen) atoms. The smallest absolute Gasteiger partial charge is 0.259 e. The van der Waals surface area contributed by atoms with Crippen molar-refractivity contribution in [3.63, 3.8) is 0 Å². The number of nitrogens with zero attached hydrogens (tertiary/aromatic N) is 6. The van der Waals surface area contributed by atoms with Crippen molar-refractivity contribution in [3.8, 4) is 17.2 Å². The largest absolute Gasteiger partial charge is 0.361 e. The Balaban J connectivity index is 1.31. The fraction of sp³-hybridized carbons (Fsp3) is 0.571. The zero-order valence-electron chi connectivity index (χ0n) is 22.3. The maximum Gasteiger partial charge on any atom is 0.259 e. The summed E-state index contributed by atoms with van der Waals surface area (Å²) in [5, 5.41) is 9.02. The summed E-state index contributed by atoms with van der Waals surface area (Å²) in [4.78, 5) is 22.8. The second kappa shape index (κ2) is 10.2. The number of likely N-dealkylation sites (tertiary alicyclic amines) is 2. The van der Waals surface area contributed by atoms with Crippen molar-refractivity contribution in [3.05, 3.63) is 46.9 Å². The molecule has 0 N–H and O–H groups in total. The van der Waals surface area contributed by atoms with Gasteiger partial charge in [-0.3, -0.25) is 4.79 Å². The van der Waals surface area contributed by atoms with E-state index in [2.05, 4.69) is 40.9 Å². The minimum Gasteiger partial charge on any atom is -0.361 e. The minimum atomic E-state index is -0.111. The molecule has 9 heteroatoms. The van der Waals surface area contributed by atoms with E-state index in [4.69, 9.17) is 16.1 Å². The highest BCUT2D eigenvalue weighted by molar-refractivity contribution is 6.34. The molecule has 198 valence electrons. The molecule has 2 aliphatic heterocycles. The van der Waals surface area contributed by atoms with Crippen LogP contribution in [-0.2, 0) is 0 Å². The molecule has 0 saturated carbocycles. The normalized spacial score (nSPS) is 18.5. The third kappa shape index (κ3) is 5.60. The number of carbonyl (C=O) groups excluding carboxylic acids is 1. The highest BCUT2D eigenvalue weighted by atomic mass is 35.5. The van der Waals surface area contributed by atoms with E-state index in [9.17, 15) is 4.79 Å². The quantitative estimate of drug-likeness (QED) is 0.430. The molecule has 0 aromatic carbocycles. The van der Waals surface area contributed by atoms with Gasteiger partial charge in [-0.1, -0.05) is 43.6 Å². The second-order valence-electron chi connectivity index (χ2n) is 11.9. The van der Waals surface area contributed by atoms with Crippen LogP contribution in [0.25, 0.3) is 17.2 Å². The van der Waals surface area contributed by atoms with Gasteiger partial charge in [0.05, 0.1) is 0 Å². The summed E-state index contributed by atoms with van der Waals surface area (Å²) in [7, 11) is 0. The van der Waals surface area contributed by atoms with Crippen LogP contribution in [0.5, 0.6) is 0 Å². The third-order valence-electron chi connectivity index (χ3n) is 7.99. The van der Waals surface area contributed by atoms with Crippen LogP contribution in [0.2, 0.25) is 5.15 Å². The van der Waals surface area contributed by atoms with E-state index in [0.717, 1.165) is 39.0 Å². The van der Waals surface area contributed by atoms with Crippen molar-refractivity contribution >= 4 is 17.5 Å². The first kappa shape index (κ1) is 25.9. The van der Waals surface area contributed by atoms with Gasteiger partial charge < -0.3 is 14.3 Å². The molecule has 1 spiro atoms. The average molecular weight is 525 g/mol. The van der Waals surface area contributed by atoms with Crippen LogP contribution >= 0.6 is 11.6 Å². The molecule has 8 nitrogen and oxygen atoms in total. The van der Waals surface area contributed by atoms with Gasteiger partial charge in [-0.2, -0.15) is 5.10 Å². The highest BCUT2D eigenvalue weighted by Gasteiger charge is 2.40. The number of pyridine rings is 1. The molecular formula is C28H37ClN6O2. The molecule has 2 saturated heterocycles. The molecule has 0 radical (unpaired) electrons. The lowest BCUT2D eigenvalue weighted by Gasteiger charge is -2.47. The van der Waals surface area contributed by atoms with E-state index in [0.29, 0.717) is 39.4 Å². The summed E-state index contributed by atoms with van der Waals surface area (Å²) in [6.07, 6.45) is 7.37. The molecular weight excluding hydrogens is 488 g/mol. The van der Waals surface area contributed by atoms with Gasteiger partial charge in [0.2, 0.25) is 0 Å². The Bertz CT molecular complexity index is 1230. The van der Waals surface area contributed by atoms with E-state index in [1.165, 1.54) is 30.5 Å². The number of aromatic nitrogens is 4. The van der Waals surface area contributed by atoms with E-state index < -0.39 is 0 Å². The Hall–Kier alpha value is -2.71. The van der Waals surface area contributed by atoms with Crippen LogP contribution < -0.4 is 0 Å². The predicted molar refractivity (Wildman–Crippen MR) is 144 cm³/mol. The van der Waals surface area contributed by atoms with E-state index >= 15 is 0 Å². The second-order valence-corrected chi connectivity index (χ2v) is 12.2. The van der Waals surface area contributed by atoms with E-state index in [1.807, 2.05) is 30.0 Å².